The number of nitrogens with zero attached hydrogens (tertiary/aromatic N) is 2. The maximum Gasteiger partial charge on any atom is 0.0795 e. The Hall–Kier alpha value is -0.900. The summed E-state index contributed by atoms with van der Waals surface area (Å²) in [5, 5.41) is 2.96. The van der Waals surface area contributed by atoms with E-state index in [4.69, 9.17) is 11.6 Å². The number of piperidine rings is 1. The van der Waals surface area contributed by atoms with Crippen LogP contribution in [0.2, 0.25) is 5.02 Å². The van der Waals surface area contributed by atoms with Gasteiger partial charge in [-0.1, -0.05) is 23.7 Å². The molecule has 0 aliphatic carbocycles. The largest absolute Gasteiger partial charge is 0.297 e. The van der Waals surface area contributed by atoms with E-state index in [1.807, 2.05) is 17.6 Å². The summed E-state index contributed by atoms with van der Waals surface area (Å²) in [5.74, 6) is 0.629. The zero-order valence-electron chi connectivity index (χ0n) is 10.8. The normalized spacial score (nSPS) is 20.6. The number of aromatic nitrogens is 1. The number of hydrogen-bond acceptors (Lipinski definition) is 3. The highest BCUT2D eigenvalue weighted by Gasteiger charge is 2.21. The van der Waals surface area contributed by atoms with Gasteiger partial charge in [0.2, 0.25) is 0 Å². The highest BCUT2D eigenvalue weighted by Crippen LogP contribution is 2.28. The predicted molar refractivity (Wildman–Crippen MR) is 80.8 cm³/mol. The van der Waals surface area contributed by atoms with E-state index < -0.39 is 0 Å². The minimum atomic E-state index is 0.629. The van der Waals surface area contributed by atoms with Gasteiger partial charge in [0.1, 0.15) is 0 Å². The standard InChI is InChI=1S/C15H17ClN2S/c16-14-5-3-12(4-6-14)13-2-1-7-18(8-13)9-15-10-19-11-17-15/h3-6,10-11,13H,1-2,7-9H2/t13-/m1/s1. The lowest BCUT2D eigenvalue weighted by Gasteiger charge is -2.32. The van der Waals surface area contributed by atoms with Crippen LogP contribution in [0.25, 0.3) is 0 Å². The average molecular weight is 293 g/mol. The second kappa shape index (κ2) is 6.04. The first-order valence-corrected chi connectivity index (χ1v) is 7.98. The molecule has 0 radical (unpaired) electrons. The predicted octanol–water partition coefficient (Wildman–Crippen LogP) is 4.18. The lowest BCUT2D eigenvalue weighted by molar-refractivity contribution is 0.198. The van der Waals surface area contributed by atoms with Crippen molar-refractivity contribution in [3.63, 3.8) is 0 Å². The average Bonchev–Trinajstić information content (AvgIpc) is 2.93. The van der Waals surface area contributed by atoms with Gasteiger partial charge in [-0.25, -0.2) is 4.98 Å². The van der Waals surface area contributed by atoms with Crippen molar-refractivity contribution in [2.75, 3.05) is 13.1 Å². The molecule has 2 heterocycles. The Morgan fingerprint density at radius 1 is 1.32 bits per heavy atom. The second-order valence-electron chi connectivity index (χ2n) is 5.11. The molecule has 100 valence electrons. The van der Waals surface area contributed by atoms with Gasteiger partial charge in [0, 0.05) is 23.5 Å². The SMILES string of the molecule is Clc1ccc([C@@H]2CCCN(Cc3cscn3)C2)cc1. The zero-order valence-corrected chi connectivity index (χ0v) is 12.3. The smallest absolute Gasteiger partial charge is 0.0795 e. The zero-order chi connectivity index (χ0) is 13.1. The van der Waals surface area contributed by atoms with Crippen LogP contribution in [0.1, 0.15) is 30.0 Å². The van der Waals surface area contributed by atoms with E-state index in [1.165, 1.54) is 30.6 Å². The maximum absolute atomic E-state index is 5.96. The van der Waals surface area contributed by atoms with Crippen LogP contribution >= 0.6 is 22.9 Å². The van der Waals surface area contributed by atoms with E-state index in [0.29, 0.717) is 5.92 Å². The fourth-order valence-corrected chi connectivity index (χ4v) is 3.43. The molecule has 1 aliphatic heterocycles. The highest BCUT2D eigenvalue weighted by molar-refractivity contribution is 7.07. The molecule has 3 rings (SSSR count). The van der Waals surface area contributed by atoms with Crippen molar-refractivity contribution in [2.24, 2.45) is 0 Å². The topological polar surface area (TPSA) is 16.1 Å². The molecule has 1 aromatic carbocycles. The summed E-state index contributed by atoms with van der Waals surface area (Å²) in [6.45, 7) is 3.29. The Bertz CT molecular complexity index is 509. The number of benzene rings is 1. The van der Waals surface area contributed by atoms with Crippen LogP contribution in [0.3, 0.4) is 0 Å². The summed E-state index contributed by atoms with van der Waals surface area (Å²) in [5.41, 5.74) is 4.52. The molecule has 1 fully saturated rings. The summed E-state index contributed by atoms with van der Waals surface area (Å²) in [7, 11) is 0. The van der Waals surface area contributed by atoms with Crippen LogP contribution in [-0.4, -0.2) is 23.0 Å². The number of rotatable bonds is 3. The molecule has 1 aliphatic rings. The molecule has 2 aromatic rings. The molecular weight excluding hydrogens is 276 g/mol. The molecule has 0 spiro atoms. The van der Waals surface area contributed by atoms with Crippen LogP contribution in [0.4, 0.5) is 0 Å². The highest BCUT2D eigenvalue weighted by atomic mass is 35.5. The monoisotopic (exact) mass is 292 g/mol. The lowest BCUT2D eigenvalue weighted by Crippen LogP contribution is -2.33. The Morgan fingerprint density at radius 3 is 2.89 bits per heavy atom. The molecule has 0 bridgehead atoms. The van der Waals surface area contributed by atoms with Crippen LogP contribution in [0.15, 0.2) is 35.2 Å². The molecule has 4 heteroatoms. The molecule has 19 heavy (non-hydrogen) atoms. The minimum Gasteiger partial charge on any atom is -0.297 e. The van der Waals surface area contributed by atoms with E-state index in [0.717, 1.165) is 18.1 Å². The second-order valence-corrected chi connectivity index (χ2v) is 6.26. The van der Waals surface area contributed by atoms with Gasteiger partial charge in [-0.3, -0.25) is 4.90 Å². The van der Waals surface area contributed by atoms with Crippen molar-refractivity contribution < 1.29 is 0 Å². The molecule has 0 saturated carbocycles. The summed E-state index contributed by atoms with van der Waals surface area (Å²) < 4.78 is 0. The quantitative estimate of drug-likeness (QED) is 0.844. The van der Waals surface area contributed by atoms with Gasteiger partial charge in [0.25, 0.3) is 0 Å². The molecular formula is C15H17ClN2S. The summed E-state index contributed by atoms with van der Waals surface area (Å²) >= 11 is 7.63. The molecule has 2 nitrogen and oxygen atoms in total. The summed E-state index contributed by atoms with van der Waals surface area (Å²) in [6, 6.07) is 8.32. The van der Waals surface area contributed by atoms with Gasteiger partial charge >= 0.3 is 0 Å². The summed E-state index contributed by atoms with van der Waals surface area (Å²) in [6.07, 6.45) is 2.53. The lowest BCUT2D eigenvalue weighted by atomic mass is 9.90. The van der Waals surface area contributed by atoms with Gasteiger partial charge in [-0.15, -0.1) is 11.3 Å². The third-order valence-corrected chi connectivity index (χ3v) is 4.60. The Balaban J connectivity index is 1.66. The first kappa shape index (κ1) is 13.1. The number of likely N-dealkylation sites (tertiary alicyclic amines) is 1. The Labute approximate surface area is 123 Å². The first-order chi connectivity index (χ1) is 9.31. The molecule has 1 aromatic heterocycles. The van der Waals surface area contributed by atoms with E-state index in [-0.39, 0.29) is 0 Å². The Morgan fingerprint density at radius 2 is 2.16 bits per heavy atom. The van der Waals surface area contributed by atoms with Crippen molar-refractivity contribution in [3.8, 4) is 0 Å². The van der Waals surface area contributed by atoms with E-state index in [1.54, 1.807) is 11.3 Å². The first-order valence-electron chi connectivity index (χ1n) is 6.66. The van der Waals surface area contributed by atoms with Crippen molar-refractivity contribution in [1.82, 2.24) is 9.88 Å². The fraction of sp³-hybridized carbons (Fsp3) is 0.400. The van der Waals surface area contributed by atoms with Crippen LogP contribution < -0.4 is 0 Å². The van der Waals surface area contributed by atoms with Crippen LogP contribution in [0, 0.1) is 0 Å². The molecule has 0 unspecified atom stereocenters. The third-order valence-electron chi connectivity index (χ3n) is 3.72. The van der Waals surface area contributed by atoms with Crippen molar-refractivity contribution in [1.29, 1.82) is 0 Å². The van der Waals surface area contributed by atoms with Gasteiger partial charge in [-0.2, -0.15) is 0 Å². The number of halogens is 1. The van der Waals surface area contributed by atoms with Crippen molar-refractivity contribution in [3.05, 3.63) is 51.4 Å². The van der Waals surface area contributed by atoms with E-state index in [9.17, 15) is 0 Å². The van der Waals surface area contributed by atoms with E-state index in [2.05, 4.69) is 27.4 Å². The van der Waals surface area contributed by atoms with Crippen molar-refractivity contribution >= 4 is 22.9 Å². The molecule has 1 saturated heterocycles. The molecule has 0 N–H and O–H groups in total. The maximum atomic E-state index is 5.96. The van der Waals surface area contributed by atoms with Crippen LogP contribution in [-0.2, 0) is 6.54 Å². The third kappa shape index (κ3) is 3.35. The minimum absolute atomic E-state index is 0.629. The van der Waals surface area contributed by atoms with E-state index >= 15 is 0 Å². The fourth-order valence-electron chi connectivity index (χ4n) is 2.75. The molecule has 0 amide bonds. The van der Waals surface area contributed by atoms with Gasteiger partial charge in [-0.05, 0) is 43.0 Å². The van der Waals surface area contributed by atoms with Gasteiger partial charge in [0.15, 0.2) is 0 Å². The van der Waals surface area contributed by atoms with Gasteiger partial charge in [0.05, 0.1) is 11.2 Å². The number of hydrogen-bond donors (Lipinski definition) is 0. The summed E-state index contributed by atoms with van der Waals surface area (Å²) in [4.78, 5) is 6.89. The number of thiazole rings is 1. The molecule has 1 atom stereocenters. The van der Waals surface area contributed by atoms with Crippen molar-refractivity contribution in [2.45, 2.75) is 25.3 Å². The Kier molecular flexibility index (Phi) is 4.16. The van der Waals surface area contributed by atoms with Crippen LogP contribution in [0.5, 0.6) is 0 Å². The van der Waals surface area contributed by atoms with Gasteiger partial charge < -0.3 is 0 Å².